The predicted molar refractivity (Wildman–Crippen MR) is 66.3 cm³/mol. The SMILES string of the molecule is CC1c2[nH]nc(N)c2CN1NC(=O)OC(C)(C)C. The molecule has 2 heterocycles. The molecule has 0 spiro atoms. The third kappa shape index (κ3) is 2.40. The molecule has 1 unspecified atom stereocenters. The summed E-state index contributed by atoms with van der Waals surface area (Å²) in [6.45, 7) is 7.96. The standard InChI is InChI=1S/C11H19N5O2/c1-6-8-7(9(12)14-13-8)5-16(6)15-10(17)18-11(2,3)4/h6H,5H2,1-4H3,(H,15,17)(H3,12,13,14). The highest BCUT2D eigenvalue weighted by Crippen LogP contribution is 2.32. The molecule has 0 fully saturated rings. The molecule has 1 amide bonds. The van der Waals surface area contributed by atoms with Gasteiger partial charge in [0.1, 0.15) is 11.4 Å². The van der Waals surface area contributed by atoms with E-state index in [0.29, 0.717) is 12.4 Å². The van der Waals surface area contributed by atoms with Crippen molar-refractivity contribution in [2.24, 2.45) is 0 Å². The predicted octanol–water partition coefficient (Wildman–Crippen LogP) is 1.31. The van der Waals surface area contributed by atoms with Gasteiger partial charge in [-0.3, -0.25) is 10.5 Å². The van der Waals surface area contributed by atoms with Crippen LogP contribution in [0.25, 0.3) is 0 Å². The summed E-state index contributed by atoms with van der Waals surface area (Å²) in [5.74, 6) is 0.477. The Bertz CT molecular complexity index is 462. The van der Waals surface area contributed by atoms with Crippen molar-refractivity contribution in [3.8, 4) is 0 Å². The molecule has 0 saturated heterocycles. The zero-order chi connectivity index (χ0) is 13.5. The van der Waals surface area contributed by atoms with Crippen molar-refractivity contribution in [3.63, 3.8) is 0 Å². The lowest BCUT2D eigenvalue weighted by Crippen LogP contribution is -2.43. The van der Waals surface area contributed by atoms with E-state index in [1.165, 1.54) is 0 Å². The number of nitrogens with one attached hydrogen (secondary N) is 2. The molecule has 1 aromatic heterocycles. The Balaban J connectivity index is 2.00. The lowest BCUT2D eigenvalue weighted by molar-refractivity contribution is 0.0268. The van der Waals surface area contributed by atoms with Crippen molar-refractivity contribution in [3.05, 3.63) is 11.3 Å². The summed E-state index contributed by atoms with van der Waals surface area (Å²) >= 11 is 0. The van der Waals surface area contributed by atoms with Crippen molar-refractivity contribution in [1.29, 1.82) is 0 Å². The molecular formula is C11H19N5O2. The van der Waals surface area contributed by atoms with Gasteiger partial charge in [0.2, 0.25) is 0 Å². The van der Waals surface area contributed by atoms with Gasteiger partial charge in [-0.25, -0.2) is 9.80 Å². The smallest absolute Gasteiger partial charge is 0.422 e. The van der Waals surface area contributed by atoms with Crippen LogP contribution in [0.4, 0.5) is 10.6 Å². The fourth-order valence-electron chi connectivity index (χ4n) is 1.92. The number of carbonyl (C=O) groups is 1. The van der Waals surface area contributed by atoms with Crippen LogP contribution in [0.15, 0.2) is 0 Å². The van der Waals surface area contributed by atoms with Crippen LogP contribution >= 0.6 is 0 Å². The average molecular weight is 253 g/mol. The molecule has 1 aromatic rings. The summed E-state index contributed by atoms with van der Waals surface area (Å²) in [5.41, 5.74) is 9.80. The highest BCUT2D eigenvalue weighted by molar-refractivity contribution is 5.67. The first-order chi connectivity index (χ1) is 8.28. The quantitative estimate of drug-likeness (QED) is 0.701. The van der Waals surface area contributed by atoms with E-state index in [0.717, 1.165) is 11.3 Å². The summed E-state index contributed by atoms with van der Waals surface area (Å²) in [6, 6.07) is -0.00248. The molecule has 4 N–H and O–H groups in total. The number of nitrogens with zero attached hydrogens (tertiary/aromatic N) is 2. The molecule has 1 aliphatic rings. The van der Waals surface area contributed by atoms with Gasteiger partial charge < -0.3 is 10.5 Å². The maximum absolute atomic E-state index is 11.7. The van der Waals surface area contributed by atoms with E-state index in [9.17, 15) is 4.79 Å². The van der Waals surface area contributed by atoms with Crippen molar-refractivity contribution in [1.82, 2.24) is 20.6 Å². The molecule has 100 valence electrons. The zero-order valence-electron chi connectivity index (χ0n) is 11.1. The van der Waals surface area contributed by atoms with Crippen LogP contribution in [0.2, 0.25) is 0 Å². The summed E-state index contributed by atoms with van der Waals surface area (Å²) < 4.78 is 5.20. The second-order valence-electron chi connectivity index (χ2n) is 5.42. The first kappa shape index (κ1) is 12.7. The number of anilines is 1. The van der Waals surface area contributed by atoms with Crippen LogP contribution in [-0.2, 0) is 11.3 Å². The summed E-state index contributed by atoms with van der Waals surface area (Å²) in [4.78, 5) is 11.7. The lowest BCUT2D eigenvalue weighted by Gasteiger charge is -2.25. The van der Waals surface area contributed by atoms with E-state index in [4.69, 9.17) is 10.5 Å². The van der Waals surface area contributed by atoms with Gasteiger partial charge in [0.05, 0.1) is 11.7 Å². The Hall–Kier alpha value is -1.76. The van der Waals surface area contributed by atoms with Crippen molar-refractivity contribution in [2.45, 2.75) is 45.9 Å². The first-order valence-corrected chi connectivity index (χ1v) is 5.87. The van der Waals surface area contributed by atoms with Crippen molar-refractivity contribution < 1.29 is 9.53 Å². The van der Waals surface area contributed by atoms with Crippen LogP contribution in [0, 0.1) is 0 Å². The Labute approximate surface area is 106 Å². The summed E-state index contributed by atoms with van der Waals surface area (Å²) in [7, 11) is 0. The Kier molecular flexibility index (Phi) is 2.94. The fraction of sp³-hybridized carbons (Fsp3) is 0.636. The van der Waals surface area contributed by atoms with E-state index in [1.807, 2.05) is 27.7 Å². The Morgan fingerprint density at radius 1 is 1.61 bits per heavy atom. The molecule has 1 atom stereocenters. The summed E-state index contributed by atoms with van der Waals surface area (Å²) in [5, 5.41) is 8.59. The fourth-order valence-corrected chi connectivity index (χ4v) is 1.92. The monoisotopic (exact) mass is 253 g/mol. The van der Waals surface area contributed by atoms with E-state index >= 15 is 0 Å². The van der Waals surface area contributed by atoms with E-state index < -0.39 is 11.7 Å². The number of fused-ring (bicyclic) bond motifs is 1. The minimum Gasteiger partial charge on any atom is -0.443 e. The number of hydrogen-bond acceptors (Lipinski definition) is 5. The second-order valence-corrected chi connectivity index (χ2v) is 5.42. The minimum atomic E-state index is -0.512. The van der Waals surface area contributed by atoms with Gasteiger partial charge in [-0.15, -0.1) is 0 Å². The van der Waals surface area contributed by atoms with Gasteiger partial charge in [-0.2, -0.15) is 5.10 Å². The van der Waals surface area contributed by atoms with E-state index in [-0.39, 0.29) is 6.04 Å². The van der Waals surface area contributed by atoms with E-state index in [2.05, 4.69) is 15.6 Å². The minimum absolute atomic E-state index is 0.00248. The number of ether oxygens (including phenoxy) is 1. The number of hydrazine groups is 1. The molecule has 1 aliphatic heterocycles. The Morgan fingerprint density at radius 3 is 2.83 bits per heavy atom. The summed E-state index contributed by atoms with van der Waals surface area (Å²) in [6.07, 6.45) is -0.467. The van der Waals surface area contributed by atoms with Gasteiger partial charge in [0.25, 0.3) is 0 Å². The number of nitrogen functional groups attached to an aromatic ring is 1. The van der Waals surface area contributed by atoms with Crippen molar-refractivity contribution in [2.75, 3.05) is 5.73 Å². The van der Waals surface area contributed by atoms with Gasteiger partial charge in [-0.05, 0) is 27.7 Å². The molecule has 2 rings (SSSR count). The third-order valence-corrected chi connectivity index (χ3v) is 2.78. The van der Waals surface area contributed by atoms with Gasteiger partial charge in [0, 0.05) is 12.1 Å². The topological polar surface area (TPSA) is 96.3 Å². The second kappa shape index (κ2) is 4.16. The highest BCUT2D eigenvalue weighted by atomic mass is 16.6. The molecular weight excluding hydrogens is 234 g/mol. The number of nitrogens with two attached hydrogens (primary N) is 1. The molecule has 0 saturated carbocycles. The number of aromatic amines is 1. The molecule has 18 heavy (non-hydrogen) atoms. The number of carbonyl (C=O) groups excluding carboxylic acids is 1. The van der Waals surface area contributed by atoms with Gasteiger partial charge in [0.15, 0.2) is 0 Å². The van der Waals surface area contributed by atoms with Crippen LogP contribution in [0.3, 0.4) is 0 Å². The molecule has 0 aliphatic carbocycles. The third-order valence-electron chi connectivity index (χ3n) is 2.78. The lowest BCUT2D eigenvalue weighted by atomic mass is 10.2. The number of hydrogen-bond donors (Lipinski definition) is 3. The maximum atomic E-state index is 11.7. The van der Waals surface area contributed by atoms with Gasteiger partial charge in [-0.1, -0.05) is 0 Å². The molecule has 0 radical (unpaired) electrons. The highest BCUT2D eigenvalue weighted by Gasteiger charge is 2.32. The van der Waals surface area contributed by atoms with Crippen LogP contribution in [0.1, 0.15) is 45.0 Å². The number of H-pyrrole nitrogens is 1. The van der Waals surface area contributed by atoms with Gasteiger partial charge >= 0.3 is 6.09 Å². The van der Waals surface area contributed by atoms with Crippen molar-refractivity contribution >= 4 is 11.9 Å². The molecule has 0 bridgehead atoms. The largest absolute Gasteiger partial charge is 0.443 e. The Morgan fingerprint density at radius 2 is 2.28 bits per heavy atom. The van der Waals surface area contributed by atoms with Crippen LogP contribution in [-0.4, -0.2) is 26.9 Å². The number of rotatable bonds is 1. The normalized spacial score (nSPS) is 19.7. The average Bonchev–Trinajstić information content (AvgIpc) is 2.69. The molecule has 0 aromatic carbocycles. The number of amides is 1. The molecule has 7 nitrogen and oxygen atoms in total. The van der Waals surface area contributed by atoms with Crippen LogP contribution < -0.4 is 11.2 Å². The number of aromatic nitrogens is 2. The maximum Gasteiger partial charge on any atom is 0.422 e. The first-order valence-electron chi connectivity index (χ1n) is 5.87. The zero-order valence-corrected chi connectivity index (χ0v) is 11.1. The molecule has 7 heteroatoms. The van der Waals surface area contributed by atoms with Crippen LogP contribution in [0.5, 0.6) is 0 Å². The van der Waals surface area contributed by atoms with E-state index in [1.54, 1.807) is 5.01 Å².